The van der Waals surface area contributed by atoms with Crippen LogP contribution in [0.3, 0.4) is 0 Å². The standard InChI is InChI=1S/C88H117N21O26S2/c1-8-84(131)37-44-38-87(80(129)134-7,66-49(23-28-108(40-44)43-84)48-14-10-11-15-52(48)95-66)51-32-50-59(36-60(51)133-6)107(5)77-86(50)25-29-109-27-13-24-85(9-2,76(86)109)78(127)88(77,132)79(128)103-104-83(130)135-30-31-136-137-42-58(75(125)126)100-72(121)57(35-64(115)116)99-71(120)56(34-63(113)114)98-69(118)53(16-12-26-92-81(89)90)96-70(119)55(33-62(111)112)94-61(110)22-21-54(74(123)124)97-68(117)45-17-19-46(20-18-45)105(3)41-47-39-93-67-65(106(47)4)73(122)102-82(91)101-67/h10-11,13-15,17-20,24,32,36,44,47,53-58,76-78,95,127,131-132H,8-9,12,16,21-23,25-31,33-35,37-43H2,1-7H3,(H,94,110)(H,96,119)(H,97,117)(H,98,118)(H,99,120)(H,100,121)(H,103,128)(H,104,130)(H,111,112)(H,113,114)(H,115,116)(H,123,124)(H,125,126)(H4,89,90,92)(H4,91,93,101,102,122)/t44?,47?,53-,54-,55-,56-,57-,58-,76+,77-,78-,84?,85-,86-,87+,88+/m0/s1. The minimum absolute atomic E-state index is 0.0103. The fourth-order valence-electron chi connectivity index (χ4n) is 20.8. The van der Waals surface area contributed by atoms with Crippen molar-refractivity contribution in [3.8, 4) is 5.75 Å². The maximum Gasteiger partial charge on any atom is 0.426 e. The topological polar surface area (TPSA) is 702 Å². The Bertz CT molecular complexity index is 5580. The van der Waals surface area contributed by atoms with Crippen molar-refractivity contribution in [2.75, 3.05) is 132 Å². The number of anilines is 5. The maximum absolute atomic E-state index is 15.7. The molecule has 6 aliphatic heterocycles. The number of nitrogens with one attached hydrogen (secondary N) is 13. The average molecular weight is 1950 g/mol. The van der Waals surface area contributed by atoms with E-state index in [2.05, 4.69) is 72.8 Å². The van der Waals surface area contributed by atoms with Crippen LogP contribution in [0, 0.1) is 16.7 Å². The highest BCUT2D eigenvalue weighted by atomic mass is 33.1. The zero-order valence-corrected chi connectivity index (χ0v) is 78.0. The number of H-pyrrole nitrogens is 2. The van der Waals surface area contributed by atoms with E-state index in [1.807, 2.05) is 66.5 Å². The van der Waals surface area contributed by atoms with Gasteiger partial charge in [0.2, 0.25) is 35.5 Å². The van der Waals surface area contributed by atoms with E-state index in [0.717, 1.165) is 38.1 Å². The van der Waals surface area contributed by atoms with Crippen molar-refractivity contribution in [2.45, 2.75) is 180 Å². The number of esters is 1. The molecule has 2 bridgehead atoms. The van der Waals surface area contributed by atoms with Gasteiger partial charge >= 0.3 is 41.9 Å². The number of nitrogens with two attached hydrogens (primary N) is 2. The van der Waals surface area contributed by atoms with Gasteiger partial charge in [0.15, 0.2) is 17.4 Å². The molecule has 137 heavy (non-hydrogen) atoms. The number of aliphatic hydroxyl groups is 3. The predicted octanol–water partition coefficient (Wildman–Crippen LogP) is -1.72. The molecule has 7 aliphatic rings. The Labute approximate surface area is 792 Å². The Morgan fingerprint density at radius 1 is 0.737 bits per heavy atom. The van der Waals surface area contributed by atoms with Gasteiger partial charge in [0.1, 0.15) is 65.8 Å². The van der Waals surface area contributed by atoms with Gasteiger partial charge in [-0.25, -0.2) is 19.8 Å². The number of hydrogen-bond donors (Lipinski definition) is 23. The molecule has 1 saturated carbocycles. The molecule has 3 aromatic carbocycles. The molecule has 2 saturated heterocycles. The number of carboxylic acids is 5. The monoisotopic (exact) mass is 1950 g/mol. The number of ether oxygens (including phenoxy) is 3. The molecule has 742 valence electrons. The van der Waals surface area contributed by atoms with Gasteiger partial charge < -0.3 is 129 Å². The van der Waals surface area contributed by atoms with Crippen LogP contribution in [-0.4, -0.2) is 332 Å². The largest absolute Gasteiger partial charge is 0.496 e. The number of rotatable bonds is 41. The first kappa shape index (κ1) is 103. The van der Waals surface area contributed by atoms with Crippen molar-refractivity contribution < 1.29 is 122 Å². The Kier molecular flexibility index (Phi) is 32.2. The first-order valence-electron chi connectivity index (χ1n) is 44.6. The van der Waals surface area contributed by atoms with Gasteiger partial charge in [0.05, 0.1) is 51.2 Å². The molecule has 1 aliphatic carbocycles. The number of nitrogens with zero attached hydrogens (tertiary/aromatic N) is 6. The van der Waals surface area contributed by atoms with Crippen LogP contribution in [0.4, 0.5) is 33.6 Å². The van der Waals surface area contributed by atoms with E-state index in [-0.39, 0.29) is 66.5 Å². The number of hydrogen-bond acceptors (Lipinski definition) is 32. The van der Waals surface area contributed by atoms with E-state index in [1.165, 1.54) is 26.4 Å². The molecule has 0 radical (unpaired) electrons. The summed E-state index contributed by atoms with van der Waals surface area (Å²) in [6, 6.07) is 3.57. The molecule has 2 aromatic heterocycles. The van der Waals surface area contributed by atoms with Crippen molar-refractivity contribution >= 4 is 151 Å². The lowest BCUT2D eigenvalue weighted by molar-refractivity contribution is -0.204. The van der Waals surface area contributed by atoms with E-state index in [0.29, 0.717) is 106 Å². The number of amides is 8. The molecule has 25 N–H and O–H groups in total. The summed E-state index contributed by atoms with van der Waals surface area (Å²) in [5, 5.41) is 116. The molecule has 47 nitrogen and oxygen atoms in total. The highest BCUT2D eigenvalue weighted by molar-refractivity contribution is 8.76. The molecular formula is C88H117N21O26S2. The van der Waals surface area contributed by atoms with Gasteiger partial charge in [-0.1, -0.05) is 65.8 Å². The third-order valence-electron chi connectivity index (χ3n) is 27.1. The van der Waals surface area contributed by atoms with E-state index in [4.69, 9.17) is 31.1 Å². The fourth-order valence-corrected chi connectivity index (χ4v) is 22.8. The SMILES string of the molecule is CCC1(O)CC2CN(CCc3c([nH]c4ccccc34)[C@](C(=O)OC)(c3cc4c(cc3OC)N(C)[C@@H]3[C@](O)(C(=O)NNC(=O)OCCSSC[C@H](NC(=O)[C@H](CC(=O)O)NC(=O)[C@H](CC(=O)O)NC(=O)[C@H](CCCNC(=N)N)NC(=O)[C@H](CC(=O)O)NC(=O)CC[C@H](NC(=O)c5ccc(N(C)CC6CNc7nc(N)[nH]c(=O)c7N6C)cc5)C(=O)O)C(=O)O)[C@@H](O)[C@@]5(CC)C=CCN6CC[C@@]43[C@H]65)C2)C1. The molecular weight excluding hydrogens is 1830 g/mol. The van der Waals surface area contributed by atoms with Crippen molar-refractivity contribution in [1.82, 2.24) is 72.8 Å². The number of carbonyl (C=O) groups is 14. The minimum atomic E-state index is -2.76. The Morgan fingerprint density at radius 3 is 2.01 bits per heavy atom. The van der Waals surface area contributed by atoms with Crippen molar-refractivity contribution in [3.63, 3.8) is 0 Å². The highest BCUT2D eigenvalue weighted by Gasteiger charge is 2.79. The van der Waals surface area contributed by atoms with Crippen LogP contribution < -0.4 is 89.8 Å². The third kappa shape index (κ3) is 21.6. The fraction of sp³-hybridized carbons (Fsp3) is 0.534. The van der Waals surface area contributed by atoms with Gasteiger partial charge in [0.25, 0.3) is 17.4 Å². The van der Waals surface area contributed by atoms with Crippen LogP contribution in [0.1, 0.15) is 124 Å². The number of carboxylic acid groups (broad SMARTS) is 5. The third-order valence-corrected chi connectivity index (χ3v) is 29.5. The first-order valence-corrected chi connectivity index (χ1v) is 47.1. The summed E-state index contributed by atoms with van der Waals surface area (Å²) in [5.74, 6) is -18.8. The number of fused-ring (bicyclic) bond motifs is 7. The molecule has 49 heteroatoms. The summed E-state index contributed by atoms with van der Waals surface area (Å²) in [6.45, 7) is 6.50. The van der Waals surface area contributed by atoms with Gasteiger partial charge in [-0.05, 0) is 118 Å². The van der Waals surface area contributed by atoms with Gasteiger partial charge in [-0.15, -0.1) is 0 Å². The molecule has 1 spiro atoms. The summed E-state index contributed by atoms with van der Waals surface area (Å²) in [6.07, 6.45) is -2.98. The number of aliphatic hydroxyl groups excluding tert-OH is 1. The Balaban J connectivity index is 0.655. The second-order valence-corrected chi connectivity index (χ2v) is 38.2. The van der Waals surface area contributed by atoms with Crippen LogP contribution in [0.25, 0.3) is 10.9 Å². The van der Waals surface area contributed by atoms with Crippen LogP contribution in [0.2, 0.25) is 0 Å². The number of aliphatic carboxylic acids is 5. The van der Waals surface area contributed by atoms with Crippen molar-refractivity contribution in [3.05, 3.63) is 111 Å². The lowest BCUT2D eigenvalue weighted by Gasteiger charge is -2.63. The van der Waals surface area contributed by atoms with Gasteiger partial charge in [0, 0.05) is 147 Å². The summed E-state index contributed by atoms with van der Waals surface area (Å²) in [7, 11) is 9.74. The van der Waals surface area contributed by atoms with E-state index < -0.39 is 228 Å². The lowest BCUT2D eigenvalue weighted by atomic mass is 9.47. The van der Waals surface area contributed by atoms with Crippen LogP contribution >= 0.6 is 21.6 Å². The normalized spacial score (nSPS) is 24.5. The van der Waals surface area contributed by atoms with Crippen LogP contribution in [0.5, 0.6) is 5.75 Å². The van der Waals surface area contributed by atoms with E-state index in [9.17, 15) is 103 Å². The molecule has 3 fully saturated rings. The molecule has 17 atom stereocenters. The zero-order chi connectivity index (χ0) is 99.7. The summed E-state index contributed by atoms with van der Waals surface area (Å²) in [4.78, 5) is 222. The number of aromatic amines is 2. The smallest absolute Gasteiger partial charge is 0.426 e. The molecule has 8 heterocycles. The lowest BCUT2D eigenvalue weighted by Crippen LogP contribution is -2.82. The molecule has 5 aromatic rings. The second-order valence-electron chi connectivity index (χ2n) is 35.6. The van der Waals surface area contributed by atoms with Crippen LogP contribution in [0.15, 0.2) is 77.6 Å². The first-order chi connectivity index (χ1) is 65.0. The number of benzene rings is 3. The number of guanidine groups is 1. The van der Waals surface area contributed by atoms with Crippen LogP contribution in [-0.2, 0) is 84.3 Å². The molecule has 4 unspecified atom stereocenters. The number of para-hydroxylation sites is 1. The van der Waals surface area contributed by atoms with Gasteiger partial charge in [-0.3, -0.25) is 83.2 Å². The zero-order valence-electron chi connectivity index (χ0n) is 76.3. The molecule has 8 amide bonds. The van der Waals surface area contributed by atoms with E-state index >= 15 is 9.59 Å². The second kappa shape index (κ2) is 43.0. The van der Waals surface area contributed by atoms with Gasteiger partial charge in [-0.2, -0.15) is 4.98 Å². The number of carbonyl (C=O) groups excluding carboxylic acids is 9. The average Bonchev–Trinajstić information content (AvgIpc) is 1.48. The number of hydrazine groups is 1. The highest BCUT2D eigenvalue weighted by Crippen LogP contribution is 2.68. The number of nitrogen functional groups attached to an aromatic ring is 1. The maximum atomic E-state index is 15.7. The van der Waals surface area contributed by atoms with E-state index in [1.54, 1.807) is 49.1 Å². The number of methoxy groups -OCH3 is 2. The number of piperidine rings is 1. The number of aromatic nitrogens is 3. The molecule has 12 rings (SSSR count). The van der Waals surface area contributed by atoms with Crippen molar-refractivity contribution in [2.24, 2.45) is 17.1 Å². The number of likely N-dealkylation sites (N-methyl/N-ethyl adjacent to an activating group) is 3. The predicted molar refractivity (Wildman–Crippen MR) is 497 cm³/mol. The minimum Gasteiger partial charge on any atom is -0.496 e. The Hall–Kier alpha value is -13.2. The van der Waals surface area contributed by atoms with Crippen molar-refractivity contribution in [1.29, 1.82) is 5.41 Å². The quantitative estimate of drug-likeness (QED) is 0.00393. The summed E-state index contributed by atoms with van der Waals surface area (Å²) < 4.78 is 17.8. The summed E-state index contributed by atoms with van der Waals surface area (Å²) >= 11 is 0. The summed E-state index contributed by atoms with van der Waals surface area (Å²) in [5.41, 5.74) is 12.1. The Morgan fingerprint density at radius 2 is 1.38 bits per heavy atom.